The van der Waals surface area contributed by atoms with Gasteiger partial charge < -0.3 is 5.11 Å². The lowest BCUT2D eigenvalue weighted by Gasteiger charge is -2.30. The standard InChI is InChI=1S/C9H11ClO2/c1-9(8(11)12)6-3-2-5(4-6)7(9)10/h2-3,5-7H,4H2,1H3,(H,11,12). The van der Waals surface area contributed by atoms with Gasteiger partial charge >= 0.3 is 5.97 Å². The first kappa shape index (κ1) is 8.11. The SMILES string of the molecule is CC1(C(=O)O)C2C=CC(C2)C1Cl. The topological polar surface area (TPSA) is 37.3 Å². The number of hydrogen-bond donors (Lipinski definition) is 1. The van der Waals surface area contributed by atoms with Crippen LogP contribution in [0, 0.1) is 17.3 Å². The second kappa shape index (κ2) is 2.25. The fourth-order valence-corrected chi connectivity index (χ4v) is 2.76. The number of carboxylic acids is 1. The van der Waals surface area contributed by atoms with Gasteiger partial charge in [-0.3, -0.25) is 4.79 Å². The van der Waals surface area contributed by atoms with E-state index in [4.69, 9.17) is 16.7 Å². The third-order valence-electron chi connectivity index (χ3n) is 3.30. The van der Waals surface area contributed by atoms with Gasteiger partial charge in [0.25, 0.3) is 0 Å². The maximum Gasteiger partial charge on any atom is 0.311 e. The third-order valence-corrected chi connectivity index (χ3v) is 4.07. The Morgan fingerprint density at radius 3 is 2.67 bits per heavy atom. The molecule has 1 saturated carbocycles. The van der Waals surface area contributed by atoms with E-state index < -0.39 is 11.4 Å². The van der Waals surface area contributed by atoms with Crippen LogP contribution in [0.15, 0.2) is 12.2 Å². The van der Waals surface area contributed by atoms with Crippen molar-refractivity contribution in [2.45, 2.75) is 18.7 Å². The molecular formula is C9H11ClO2. The Hall–Kier alpha value is -0.500. The molecule has 0 amide bonds. The van der Waals surface area contributed by atoms with Crippen LogP contribution in [0.5, 0.6) is 0 Å². The van der Waals surface area contributed by atoms with E-state index in [1.807, 2.05) is 12.2 Å². The van der Waals surface area contributed by atoms with Crippen LogP contribution in [0.4, 0.5) is 0 Å². The molecule has 1 N–H and O–H groups in total. The van der Waals surface area contributed by atoms with Crippen molar-refractivity contribution < 1.29 is 9.90 Å². The van der Waals surface area contributed by atoms with Crippen molar-refractivity contribution in [1.29, 1.82) is 0 Å². The Balaban J connectivity index is 2.39. The van der Waals surface area contributed by atoms with Crippen molar-refractivity contribution >= 4 is 17.6 Å². The second-order valence-corrected chi connectivity index (χ2v) is 4.35. The summed E-state index contributed by atoms with van der Waals surface area (Å²) >= 11 is 6.08. The Morgan fingerprint density at radius 2 is 2.33 bits per heavy atom. The lowest BCUT2D eigenvalue weighted by molar-refractivity contribution is -0.149. The van der Waals surface area contributed by atoms with Crippen LogP contribution in [0.3, 0.4) is 0 Å². The second-order valence-electron chi connectivity index (χ2n) is 3.88. The van der Waals surface area contributed by atoms with E-state index in [-0.39, 0.29) is 17.2 Å². The number of fused-ring (bicyclic) bond motifs is 2. The predicted octanol–water partition coefficient (Wildman–Crippen LogP) is 1.89. The minimum atomic E-state index is -0.764. The van der Waals surface area contributed by atoms with Gasteiger partial charge in [-0.1, -0.05) is 12.2 Å². The molecule has 3 heteroatoms. The first-order chi connectivity index (χ1) is 5.56. The van der Waals surface area contributed by atoms with Crippen LogP contribution in [0.2, 0.25) is 0 Å². The molecule has 0 aliphatic heterocycles. The number of carbonyl (C=O) groups is 1. The molecule has 12 heavy (non-hydrogen) atoms. The number of carboxylic acid groups (broad SMARTS) is 1. The molecule has 0 radical (unpaired) electrons. The lowest BCUT2D eigenvalue weighted by atomic mass is 9.77. The summed E-state index contributed by atoms with van der Waals surface area (Å²) < 4.78 is 0. The van der Waals surface area contributed by atoms with Gasteiger partial charge in [-0.15, -0.1) is 11.6 Å². The van der Waals surface area contributed by atoms with Gasteiger partial charge in [-0.05, 0) is 25.2 Å². The maximum atomic E-state index is 11.0. The van der Waals surface area contributed by atoms with Crippen molar-refractivity contribution in [3.8, 4) is 0 Å². The highest BCUT2D eigenvalue weighted by atomic mass is 35.5. The van der Waals surface area contributed by atoms with E-state index in [1.165, 1.54) is 0 Å². The summed E-state index contributed by atoms with van der Waals surface area (Å²) in [6, 6.07) is 0. The predicted molar refractivity (Wildman–Crippen MR) is 46.1 cm³/mol. The highest BCUT2D eigenvalue weighted by Crippen LogP contribution is 2.54. The van der Waals surface area contributed by atoms with E-state index >= 15 is 0 Å². The average molecular weight is 187 g/mol. The number of rotatable bonds is 1. The van der Waals surface area contributed by atoms with Crippen molar-refractivity contribution in [2.24, 2.45) is 17.3 Å². The Morgan fingerprint density at radius 1 is 1.67 bits per heavy atom. The molecule has 0 heterocycles. The molecule has 0 aromatic heterocycles. The van der Waals surface area contributed by atoms with E-state index in [2.05, 4.69) is 0 Å². The molecule has 0 saturated heterocycles. The molecule has 4 unspecified atom stereocenters. The number of halogens is 1. The highest BCUT2D eigenvalue weighted by molar-refractivity contribution is 6.23. The van der Waals surface area contributed by atoms with Gasteiger partial charge in [0.1, 0.15) is 0 Å². The highest BCUT2D eigenvalue weighted by Gasteiger charge is 2.57. The maximum absolute atomic E-state index is 11.0. The zero-order chi connectivity index (χ0) is 8.93. The van der Waals surface area contributed by atoms with Gasteiger partial charge in [-0.2, -0.15) is 0 Å². The normalized spacial score (nSPS) is 50.0. The van der Waals surface area contributed by atoms with E-state index in [9.17, 15) is 4.79 Å². The van der Waals surface area contributed by atoms with E-state index in [0.717, 1.165) is 6.42 Å². The summed E-state index contributed by atoms with van der Waals surface area (Å²) in [5.41, 5.74) is -0.735. The summed E-state index contributed by atoms with van der Waals surface area (Å²) in [6.07, 6.45) is 4.96. The summed E-state index contributed by atoms with van der Waals surface area (Å²) in [7, 11) is 0. The number of allylic oxidation sites excluding steroid dienone is 2. The molecule has 2 aliphatic carbocycles. The number of alkyl halides is 1. The summed E-state index contributed by atoms with van der Waals surface area (Å²) in [4.78, 5) is 11.0. The molecule has 0 spiro atoms. The van der Waals surface area contributed by atoms with Gasteiger partial charge in [-0.25, -0.2) is 0 Å². The number of hydrogen-bond acceptors (Lipinski definition) is 1. The monoisotopic (exact) mass is 186 g/mol. The van der Waals surface area contributed by atoms with Crippen LogP contribution in [-0.4, -0.2) is 16.5 Å². The fourth-order valence-electron chi connectivity index (χ4n) is 2.31. The summed E-state index contributed by atoms with van der Waals surface area (Å²) in [5.74, 6) is -0.348. The zero-order valence-electron chi connectivity index (χ0n) is 6.83. The largest absolute Gasteiger partial charge is 0.481 e. The van der Waals surface area contributed by atoms with Crippen LogP contribution >= 0.6 is 11.6 Å². The van der Waals surface area contributed by atoms with Gasteiger partial charge in [0, 0.05) is 0 Å². The van der Waals surface area contributed by atoms with Gasteiger partial charge in [0.05, 0.1) is 10.8 Å². The smallest absolute Gasteiger partial charge is 0.311 e. The molecule has 0 aromatic rings. The average Bonchev–Trinajstić information content (AvgIpc) is 2.55. The molecule has 2 nitrogen and oxygen atoms in total. The Labute approximate surface area is 76.2 Å². The molecular weight excluding hydrogens is 176 g/mol. The molecule has 4 atom stereocenters. The van der Waals surface area contributed by atoms with E-state index in [1.54, 1.807) is 6.92 Å². The van der Waals surface area contributed by atoms with Crippen LogP contribution in [0.1, 0.15) is 13.3 Å². The van der Waals surface area contributed by atoms with Crippen LogP contribution in [0.25, 0.3) is 0 Å². The summed E-state index contributed by atoms with van der Waals surface area (Å²) in [5, 5.41) is 8.82. The van der Waals surface area contributed by atoms with Crippen molar-refractivity contribution in [3.05, 3.63) is 12.2 Å². The summed E-state index contributed by atoms with van der Waals surface area (Å²) in [6.45, 7) is 1.75. The fraction of sp³-hybridized carbons (Fsp3) is 0.667. The van der Waals surface area contributed by atoms with Crippen molar-refractivity contribution in [1.82, 2.24) is 0 Å². The van der Waals surface area contributed by atoms with Crippen LogP contribution < -0.4 is 0 Å². The first-order valence-corrected chi connectivity index (χ1v) is 4.56. The Bertz CT molecular complexity index is 261. The Kier molecular flexibility index (Phi) is 1.52. The minimum absolute atomic E-state index is 0.141. The molecule has 66 valence electrons. The first-order valence-electron chi connectivity index (χ1n) is 4.12. The molecule has 2 bridgehead atoms. The quantitative estimate of drug-likeness (QED) is 0.502. The third kappa shape index (κ3) is 0.738. The van der Waals surface area contributed by atoms with E-state index in [0.29, 0.717) is 0 Å². The van der Waals surface area contributed by atoms with Gasteiger partial charge in [0.2, 0.25) is 0 Å². The van der Waals surface area contributed by atoms with Crippen molar-refractivity contribution in [2.75, 3.05) is 0 Å². The lowest BCUT2D eigenvalue weighted by Crippen LogP contribution is -2.40. The minimum Gasteiger partial charge on any atom is -0.481 e. The zero-order valence-corrected chi connectivity index (χ0v) is 7.58. The van der Waals surface area contributed by atoms with Crippen molar-refractivity contribution in [3.63, 3.8) is 0 Å². The van der Waals surface area contributed by atoms with Gasteiger partial charge in [0.15, 0.2) is 0 Å². The number of aliphatic carboxylic acids is 1. The molecule has 0 aromatic carbocycles. The molecule has 1 fully saturated rings. The molecule has 2 aliphatic rings. The molecule has 2 rings (SSSR count). The van der Waals surface area contributed by atoms with Crippen LogP contribution in [-0.2, 0) is 4.79 Å².